The molecule has 6 nitrogen and oxygen atoms in total. The summed E-state index contributed by atoms with van der Waals surface area (Å²) in [7, 11) is 0. The second-order valence-electron chi connectivity index (χ2n) is 2.81. The number of rotatable bonds is 3. The van der Waals surface area contributed by atoms with Gasteiger partial charge in [-0.3, -0.25) is 10.1 Å². The molecule has 0 saturated carbocycles. The molecule has 2 N–H and O–H groups in total. The van der Waals surface area contributed by atoms with Crippen molar-refractivity contribution >= 4 is 24.2 Å². The minimum atomic E-state index is -3.95. The summed E-state index contributed by atoms with van der Waals surface area (Å²) in [4.78, 5) is 27.7. The molecule has 0 radical (unpaired) electrons. The Balaban J connectivity index is 3.19. The number of nitro groups is 1. The van der Waals surface area contributed by atoms with Gasteiger partial charge in [-0.25, -0.2) is 0 Å². The van der Waals surface area contributed by atoms with Gasteiger partial charge < -0.3 is 14.3 Å². The summed E-state index contributed by atoms with van der Waals surface area (Å²) in [5.74, 6) is -0.228. The van der Waals surface area contributed by atoms with Crippen LogP contribution in [0.5, 0.6) is 5.75 Å². The van der Waals surface area contributed by atoms with Crippen LogP contribution in [0.15, 0.2) is 18.2 Å². The van der Waals surface area contributed by atoms with Gasteiger partial charge >= 0.3 is 12.4 Å². The molecule has 0 bridgehead atoms. The Kier molecular flexibility index (Phi) is 3.41. The van der Waals surface area contributed by atoms with Crippen LogP contribution in [-0.4, -0.2) is 14.7 Å². The summed E-state index contributed by atoms with van der Waals surface area (Å²) in [6, 6.07) is 4.06. The Bertz CT molecular complexity index is 443. The van der Waals surface area contributed by atoms with Crippen molar-refractivity contribution < 1.29 is 19.2 Å². The van der Waals surface area contributed by atoms with Gasteiger partial charge in [-0.05, 0) is 18.6 Å². The second-order valence-corrected chi connectivity index (χ2v) is 5.40. The smallest absolute Gasteiger partial charge is 0.375 e. The van der Waals surface area contributed by atoms with E-state index in [9.17, 15) is 10.1 Å². The molecule has 0 amide bonds. The highest BCUT2D eigenvalue weighted by atomic mass is 32.5. The summed E-state index contributed by atoms with van der Waals surface area (Å²) in [5, 5.41) is 10.6. The fourth-order valence-corrected chi connectivity index (χ4v) is 1.62. The third-order valence-electron chi connectivity index (χ3n) is 1.53. The third-order valence-corrected chi connectivity index (χ3v) is 2.19. The first-order valence-electron chi connectivity index (χ1n) is 3.80. The van der Waals surface area contributed by atoms with Crippen molar-refractivity contribution in [3.8, 4) is 5.75 Å². The number of nitrogens with zero attached hydrogens (tertiary/aromatic N) is 1. The zero-order chi connectivity index (χ0) is 11.6. The van der Waals surface area contributed by atoms with Crippen LogP contribution in [0, 0.1) is 17.0 Å². The van der Waals surface area contributed by atoms with Crippen molar-refractivity contribution in [3.05, 3.63) is 33.9 Å². The highest BCUT2D eigenvalue weighted by Gasteiger charge is 2.20. The normalized spacial score (nSPS) is 11.1. The summed E-state index contributed by atoms with van der Waals surface area (Å²) < 4.78 is 4.57. The van der Waals surface area contributed by atoms with Gasteiger partial charge in [0.05, 0.1) is 4.92 Å². The minimum Gasteiger partial charge on any atom is -0.417 e. The molecule has 0 aliphatic carbocycles. The maximum atomic E-state index is 10.6. The van der Waals surface area contributed by atoms with Crippen LogP contribution in [0.2, 0.25) is 0 Å². The molecule has 0 heterocycles. The van der Waals surface area contributed by atoms with E-state index in [2.05, 4.69) is 16.3 Å². The average molecular weight is 249 g/mol. The number of nitro benzene ring substituents is 1. The van der Waals surface area contributed by atoms with Crippen molar-refractivity contribution in [1.82, 2.24) is 0 Å². The van der Waals surface area contributed by atoms with Gasteiger partial charge in [0.2, 0.25) is 5.75 Å². The predicted molar refractivity (Wildman–Crippen MR) is 57.2 cm³/mol. The first-order chi connectivity index (χ1) is 6.79. The lowest BCUT2D eigenvalue weighted by Gasteiger charge is -2.10. The number of benzene rings is 1. The first-order valence-corrected chi connectivity index (χ1v) is 6.42. The molecule has 0 spiro atoms. The van der Waals surface area contributed by atoms with E-state index < -0.39 is 11.6 Å². The Morgan fingerprint density at radius 1 is 1.53 bits per heavy atom. The van der Waals surface area contributed by atoms with Gasteiger partial charge in [0.25, 0.3) is 0 Å². The molecule has 0 fully saturated rings. The van der Waals surface area contributed by atoms with Crippen molar-refractivity contribution in [2.75, 3.05) is 0 Å². The van der Waals surface area contributed by atoms with Crippen LogP contribution in [0.4, 0.5) is 5.69 Å². The van der Waals surface area contributed by atoms with Gasteiger partial charge in [0, 0.05) is 17.9 Å². The molecular formula is C7H8NO5PS. The molecule has 82 valence electrons. The lowest BCUT2D eigenvalue weighted by molar-refractivity contribution is -0.385. The van der Waals surface area contributed by atoms with Crippen LogP contribution in [-0.2, 0) is 11.8 Å². The van der Waals surface area contributed by atoms with Crippen molar-refractivity contribution in [2.45, 2.75) is 6.92 Å². The number of hydrogen-bond acceptors (Lipinski definition) is 4. The highest BCUT2D eigenvalue weighted by molar-refractivity contribution is 8.06. The molecule has 0 aromatic heterocycles. The van der Waals surface area contributed by atoms with E-state index in [0.29, 0.717) is 5.56 Å². The molecule has 0 atom stereocenters. The van der Waals surface area contributed by atoms with Crippen LogP contribution >= 0.6 is 6.72 Å². The molecule has 0 aliphatic heterocycles. The maximum Gasteiger partial charge on any atom is 0.375 e. The fourth-order valence-electron chi connectivity index (χ4n) is 0.973. The van der Waals surface area contributed by atoms with Crippen LogP contribution in [0.1, 0.15) is 5.56 Å². The highest BCUT2D eigenvalue weighted by Crippen LogP contribution is 2.42. The predicted octanol–water partition coefficient (Wildman–Crippen LogP) is 1.49. The van der Waals surface area contributed by atoms with Crippen molar-refractivity contribution in [2.24, 2.45) is 0 Å². The lowest BCUT2D eigenvalue weighted by atomic mass is 10.2. The standard InChI is InChI=1S/C7H8NO5PS/c1-5-2-3-6(8(9)10)7(4-5)13-14(11,12)15/h2-4H,1H3,(H2,11,12,15). The van der Waals surface area contributed by atoms with Gasteiger partial charge in [-0.2, -0.15) is 0 Å². The monoisotopic (exact) mass is 249 g/mol. The van der Waals surface area contributed by atoms with E-state index in [1.54, 1.807) is 6.92 Å². The first kappa shape index (κ1) is 12.1. The largest absolute Gasteiger partial charge is 0.417 e. The summed E-state index contributed by atoms with van der Waals surface area (Å²) in [6.45, 7) is -2.26. The van der Waals surface area contributed by atoms with Gasteiger partial charge in [0.1, 0.15) is 0 Å². The SMILES string of the molecule is Cc1ccc([N+](=O)[O-])c(OP(O)(O)=S)c1. The van der Waals surface area contributed by atoms with E-state index in [1.165, 1.54) is 18.2 Å². The van der Waals surface area contributed by atoms with Gasteiger partial charge in [0.15, 0.2) is 0 Å². The maximum absolute atomic E-state index is 10.6. The van der Waals surface area contributed by atoms with E-state index in [4.69, 9.17) is 9.79 Å². The fraction of sp³-hybridized carbons (Fsp3) is 0.143. The minimum absolute atomic E-state index is 0.228. The topological polar surface area (TPSA) is 92.8 Å². The average Bonchev–Trinajstić information content (AvgIpc) is 1.99. The van der Waals surface area contributed by atoms with E-state index in [-0.39, 0.29) is 11.4 Å². The van der Waals surface area contributed by atoms with Crippen LogP contribution in [0.3, 0.4) is 0 Å². The van der Waals surface area contributed by atoms with Crippen LogP contribution < -0.4 is 4.52 Å². The molecule has 0 aliphatic rings. The van der Waals surface area contributed by atoms with Crippen LogP contribution in [0.25, 0.3) is 0 Å². The number of aryl methyl sites for hydroxylation is 1. The Morgan fingerprint density at radius 3 is 2.60 bits per heavy atom. The van der Waals surface area contributed by atoms with Gasteiger partial charge in [-0.1, -0.05) is 6.07 Å². The third kappa shape index (κ3) is 3.56. The van der Waals surface area contributed by atoms with Gasteiger partial charge in [-0.15, -0.1) is 0 Å². The summed E-state index contributed by atoms with van der Waals surface area (Å²) >= 11 is 4.23. The molecular weight excluding hydrogens is 241 g/mol. The summed E-state index contributed by atoms with van der Waals surface area (Å²) in [6.07, 6.45) is 0. The molecule has 1 aromatic carbocycles. The number of hydrogen-bond donors (Lipinski definition) is 2. The molecule has 0 unspecified atom stereocenters. The zero-order valence-corrected chi connectivity index (χ0v) is 9.36. The molecule has 1 rings (SSSR count). The molecule has 8 heteroatoms. The Hall–Kier alpha value is -1.01. The second kappa shape index (κ2) is 4.24. The van der Waals surface area contributed by atoms with Crippen molar-refractivity contribution in [3.63, 3.8) is 0 Å². The Labute approximate surface area is 90.5 Å². The molecule has 1 aromatic rings. The lowest BCUT2D eigenvalue weighted by Crippen LogP contribution is -1.96. The summed E-state index contributed by atoms with van der Waals surface area (Å²) in [5.41, 5.74) is 0.344. The molecule has 0 saturated heterocycles. The quantitative estimate of drug-likeness (QED) is 0.479. The van der Waals surface area contributed by atoms with E-state index in [0.717, 1.165) is 0 Å². The Morgan fingerprint density at radius 2 is 2.13 bits per heavy atom. The van der Waals surface area contributed by atoms with Crippen molar-refractivity contribution in [1.29, 1.82) is 0 Å². The zero-order valence-electron chi connectivity index (χ0n) is 7.65. The van der Waals surface area contributed by atoms with E-state index in [1.807, 2.05) is 0 Å². The van der Waals surface area contributed by atoms with E-state index >= 15 is 0 Å². The molecule has 15 heavy (non-hydrogen) atoms.